The molecule has 3 aliphatic carbocycles. The van der Waals surface area contributed by atoms with Gasteiger partial charge < -0.3 is 0 Å². The Kier molecular flexibility index (Phi) is 7.31. The second-order valence-electron chi connectivity index (χ2n) is 10.4. The van der Waals surface area contributed by atoms with Gasteiger partial charge in [-0.1, -0.05) is 66.9 Å². The number of hydrogen-bond acceptors (Lipinski definition) is 2. The van der Waals surface area contributed by atoms with Gasteiger partial charge in [0.2, 0.25) is 0 Å². The molecule has 0 spiro atoms. The number of hydrogen-bond donors (Lipinski definition) is 0. The number of benzene rings is 2. The SMILES string of the molecule is CCCc1ccc(CCc2ccc(C34CCC(CCC)(CC3)CC4)cc2Br)c(C#N)c1C#N. The third-order valence-corrected chi connectivity index (χ3v) is 9.37. The molecule has 0 aliphatic heterocycles. The molecule has 0 aromatic heterocycles. The molecular formula is C30H35BrN2. The molecule has 0 N–H and O–H groups in total. The number of nitriles is 2. The first-order valence-corrected chi connectivity index (χ1v) is 13.5. The predicted octanol–water partition coefficient (Wildman–Crippen LogP) is 8.32. The summed E-state index contributed by atoms with van der Waals surface area (Å²) in [5.41, 5.74) is 6.92. The number of fused-ring (bicyclic) bond motifs is 3. The Morgan fingerprint density at radius 3 is 1.82 bits per heavy atom. The van der Waals surface area contributed by atoms with Crippen LogP contribution in [0.25, 0.3) is 0 Å². The average Bonchev–Trinajstić information content (AvgIpc) is 2.84. The molecule has 2 nitrogen and oxygen atoms in total. The van der Waals surface area contributed by atoms with E-state index in [9.17, 15) is 10.5 Å². The molecule has 0 radical (unpaired) electrons. The van der Waals surface area contributed by atoms with E-state index in [1.807, 2.05) is 6.07 Å². The fraction of sp³-hybridized carbons (Fsp3) is 0.533. The second-order valence-corrected chi connectivity index (χ2v) is 11.3. The summed E-state index contributed by atoms with van der Waals surface area (Å²) < 4.78 is 1.19. The van der Waals surface area contributed by atoms with Gasteiger partial charge in [0.25, 0.3) is 0 Å². The maximum absolute atomic E-state index is 9.76. The van der Waals surface area contributed by atoms with E-state index in [-0.39, 0.29) is 0 Å². The van der Waals surface area contributed by atoms with E-state index in [2.05, 4.69) is 66.2 Å². The van der Waals surface area contributed by atoms with Crippen LogP contribution in [-0.4, -0.2) is 0 Å². The summed E-state index contributed by atoms with van der Waals surface area (Å²) in [6.07, 6.45) is 14.4. The molecule has 0 atom stereocenters. The number of nitrogens with zero attached hydrogens (tertiary/aromatic N) is 2. The number of halogens is 1. The van der Waals surface area contributed by atoms with Gasteiger partial charge in [-0.3, -0.25) is 0 Å². The highest BCUT2D eigenvalue weighted by molar-refractivity contribution is 9.10. The lowest BCUT2D eigenvalue weighted by Crippen LogP contribution is -2.44. The third kappa shape index (κ3) is 4.63. The van der Waals surface area contributed by atoms with Crippen molar-refractivity contribution in [1.29, 1.82) is 10.5 Å². The summed E-state index contributed by atoms with van der Waals surface area (Å²) in [7, 11) is 0. The molecule has 2 aromatic carbocycles. The Bertz CT molecular complexity index is 1080. The Morgan fingerprint density at radius 1 is 0.758 bits per heavy atom. The van der Waals surface area contributed by atoms with E-state index < -0.39 is 0 Å². The van der Waals surface area contributed by atoms with E-state index in [0.29, 0.717) is 22.0 Å². The summed E-state index contributed by atoms with van der Waals surface area (Å²) in [5.74, 6) is 0. The van der Waals surface area contributed by atoms with Gasteiger partial charge in [-0.2, -0.15) is 10.5 Å². The first-order chi connectivity index (χ1) is 16.0. The van der Waals surface area contributed by atoms with Gasteiger partial charge in [-0.05, 0) is 103 Å². The fourth-order valence-electron chi connectivity index (χ4n) is 6.58. The van der Waals surface area contributed by atoms with Crippen molar-refractivity contribution in [3.05, 3.63) is 68.2 Å². The van der Waals surface area contributed by atoms with Crippen molar-refractivity contribution in [2.45, 2.75) is 96.3 Å². The first kappa shape index (κ1) is 24.0. The lowest BCUT2D eigenvalue weighted by atomic mass is 9.51. The first-order valence-electron chi connectivity index (χ1n) is 12.7. The van der Waals surface area contributed by atoms with Crippen molar-refractivity contribution in [3.8, 4) is 12.1 Å². The highest BCUT2D eigenvalue weighted by Crippen LogP contribution is 2.59. The zero-order valence-electron chi connectivity index (χ0n) is 20.1. The molecule has 5 rings (SSSR count). The van der Waals surface area contributed by atoms with Crippen LogP contribution in [-0.2, 0) is 24.7 Å². The van der Waals surface area contributed by atoms with Crippen molar-refractivity contribution < 1.29 is 0 Å². The topological polar surface area (TPSA) is 47.6 Å². The predicted molar refractivity (Wildman–Crippen MR) is 138 cm³/mol. The number of aryl methyl sites for hydroxylation is 3. The monoisotopic (exact) mass is 502 g/mol. The maximum atomic E-state index is 9.76. The van der Waals surface area contributed by atoms with Crippen LogP contribution in [0.1, 0.15) is 105 Å². The van der Waals surface area contributed by atoms with Crippen molar-refractivity contribution in [1.82, 2.24) is 0 Å². The van der Waals surface area contributed by atoms with Crippen LogP contribution in [0.2, 0.25) is 0 Å². The lowest BCUT2D eigenvalue weighted by molar-refractivity contribution is 0.0320. The van der Waals surface area contributed by atoms with Gasteiger partial charge in [0, 0.05) is 4.47 Å². The average molecular weight is 504 g/mol. The Morgan fingerprint density at radius 2 is 1.30 bits per heavy atom. The van der Waals surface area contributed by atoms with Crippen LogP contribution >= 0.6 is 15.9 Å². The molecule has 2 bridgehead atoms. The van der Waals surface area contributed by atoms with Crippen LogP contribution in [0.3, 0.4) is 0 Å². The Hall–Kier alpha value is -2.10. The highest BCUT2D eigenvalue weighted by atomic mass is 79.9. The van der Waals surface area contributed by atoms with Crippen LogP contribution < -0.4 is 0 Å². The minimum atomic E-state index is 0.376. The van der Waals surface area contributed by atoms with Gasteiger partial charge in [0.05, 0.1) is 11.1 Å². The van der Waals surface area contributed by atoms with E-state index >= 15 is 0 Å². The molecule has 3 aliphatic rings. The summed E-state index contributed by atoms with van der Waals surface area (Å²) in [5, 5.41) is 19.4. The molecule has 33 heavy (non-hydrogen) atoms. The molecule has 2 aromatic rings. The van der Waals surface area contributed by atoms with E-state index in [0.717, 1.165) is 36.8 Å². The minimum Gasteiger partial charge on any atom is -0.192 e. The molecular weight excluding hydrogens is 468 g/mol. The lowest BCUT2D eigenvalue weighted by Gasteiger charge is -2.54. The standard InChI is InChI=1S/C30H35BrN2/c1-3-5-22-6-7-23(27(21-33)26(22)20-32)8-9-24-10-11-25(19-28(24)31)30-16-13-29(12-4-2,14-17-30)15-18-30/h6-7,10-11,19H,3-5,8-9,12-18H2,1-2H3. The van der Waals surface area contributed by atoms with Gasteiger partial charge >= 0.3 is 0 Å². The minimum absolute atomic E-state index is 0.376. The van der Waals surface area contributed by atoms with Crippen molar-refractivity contribution in [3.63, 3.8) is 0 Å². The normalized spacial score (nSPS) is 23.8. The van der Waals surface area contributed by atoms with Crippen molar-refractivity contribution in [2.75, 3.05) is 0 Å². The molecule has 3 heteroatoms. The van der Waals surface area contributed by atoms with Crippen LogP contribution in [0, 0.1) is 28.1 Å². The zero-order chi connectivity index (χ0) is 23.5. The third-order valence-electron chi connectivity index (χ3n) is 8.63. The van der Waals surface area contributed by atoms with Crippen molar-refractivity contribution >= 4 is 15.9 Å². The molecule has 0 heterocycles. The second kappa shape index (κ2) is 10.0. The van der Waals surface area contributed by atoms with Crippen LogP contribution in [0.5, 0.6) is 0 Å². The Labute approximate surface area is 208 Å². The fourth-order valence-corrected chi connectivity index (χ4v) is 7.16. The maximum Gasteiger partial charge on any atom is 0.101 e. The van der Waals surface area contributed by atoms with Gasteiger partial charge in [0.1, 0.15) is 12.1 Å². The largest absolute Gasteiger partial charge is 0.192 e. The highest BCUT2D eigenvalue weighted by Gasteiger charge is 2.48. The smallest absolute Gasteiger partial charge is 0.101 e. The van der Waals surface area contributed by atoms with Crippen molar-refractivity contribution in [2.24, 2.45) is 5.41 Å². The summed E-state index contributed by atoms with van der Waals surface area (Å²) in [4.78, 5) is 0. The molecule has 0 unspecified atom stereocenters. The summed E-state index contributed by atoms with van der Waals surface area (Å²) in [6, 6.07) is 15.7. The van der Waals surface area contributed by atoms with Gasteiger partial charge in [-0.25, -0.2) is 0 Å². The quantitative estimate of drug-likeness (QED) is 0.364. The molecule has 3 saturated carbocycles. The van der Waals surface area contributed by atoms with E-state index in [4.69, 9.17) is 0 Å². The molecule has 172 valence electrons. The molecule has 0 amide bonds. The molecule has 0 saturated heterocycles. The van der Waals surface area contributed by atoms with Crippen LogP contribution in [0.4, 0.5) is 0 Å². The zero-order valence-corrected chi connectivity index (χ0v) is 21.7. The van der Waals surface area contributed by atoms with Gasteiger partial charge in [0.15, 0.2) is 0 Å². The Balaban J connectivity index is 1.50. The van der Waals surface area contributed by atoms with E-state index in [1.165, 1.54) is 67.0 Å². The number of rotatable bonds is 8. The summed E-state index contributed by atoms with van der Waals surface area (Å²) in [6.45, 7) is 4.44. The van der Waals surface area contributed by atoms with Gasteiger partial charge in [-0.15, -0.1) is 0 Å². The van der Waals surface area contributed by atoms with Crippen LogP contribution in [0.15, 0.2) is 34.8 Å². The molecule has 3 fully saturated rings. The van der Waals surface area contributed by atoms with E-state index in [1.54, 1.807) is 0 Å². The summed E-state index contributed by atoms with van der Waals surface area (Å²) >= 11 is 3.87.